The molecule has 14 heavy (non-hydrogen) atoms. The van der Waals surface area contributed by atoms with Crippen molar-refractivity contribution in [3.05, 3.63) is 28.6 Å². The summed E-state index contributed by atoms with van der Waals surface area (Å²) in [6.45, 7) is 4.90. The topological polar surface area (TPSA) is 44.0 Å². The zero-order valence-corrected chi connectivity index (χ0v) is 8.43. The van der Waals surface area contributed by atoms with Crippen LogP contribution in [0.5, 0.6) is 5.75 Å². The number of halogens is 1. The van der Waals surface area contributed by atoms with E-state index in [9.17, 15) is 9.50 Å². The van der Waals surface area contributed by atoms with Gasteiger partial charge in [0.2, 0.25) is 0 Å². The number of aryl methyl sites for hydroxylation is 1. The van der Waals surface area contributed by atoms with Gasteiger partial charge in [0, 0.05) is 0 Å². The van der Waals surface area contributed by atoms with E-state index in [0.717, 1.165) is 0 Å². The number of hydrogen-bond acceptors (Lipinski definition) is 2. The Morgan fingerprint density at radius 2 is 2.07 bits per heavy atom. The van der Waals surface area contributed by atoms with Crippen LogP contribution in [0.4, 0.5) is 4.39 Å². The first-order valence-corrected chi connectivity index (χ1v) is 4.37. The molecule has 0 bridgehead atoms. The van der Waals surface area contributed by atoms with E-state index >= 15 is 0 Å². The highest BCUT2D eigenvalue weighted by Gasteiger charge is 2.15. The summed E-state index contributed by atoms with van der Waals surface area (Å²) in [7, 11) is 0. The summed E-state index contributed by atoms with van der Waals surface area (Å²) in [6.07, 6.45) is 0. The molecule has 0 aliphatic carbocycles. The lowest BCUT2D eigenvalue weighted by molar-refractivity contribution is 0.425. The lowest BCUT2D eigenvalue weighted by Crippen LogP contribution is -1.98. The molecule has 1 rings (SSSR count). The average Bonchev–Trinajstić information content (AvgIpc) is 2.19. The minimum atomic E-state index is -0.601. The van der Waals surface area contributed by atoms with Crippen LogP contribution < -0.4 is 0 Å². The molecular formula is C11H12FNO. The number of nitriles is 1. The molecule has 0 saturated heterocycles. The third-order valence-corrected chi connectivity index (χ3v) is 2.37. The Balaban J connectivity index is 3.42. The normalized spacial score (nSPS) is 12.2. The van der Waals surface area contributed by atoms with Gasteiger partial charge in [-0.25, -0.2) is 4.39 Å². The van der Waals surface area contributed by atoms with Crippen LogP contribution in [-0.4, -0.2) is 5.11 Å². The summed E-state index contributed by atoms with van der Waals surface area (Å²) in [5.41, 5.74) is 1.50. The fraction of sp³-hybridized carbons (Fsp3) is 0.364. The lowest BCUT2D eigenvalue weighted by atomic mass is 9.94. The molecule has 0 aromatic heterocycles. The number of benzene rings is 1. The van der Waals surface area contributed by atoms with Gasteiger partial charge in [-0.2, -0.15) is 5.26 Å². The summed E-state index contributed by atoms with van der Waals surface area (Å²) in [5.74, 6) is -1.28. The van der Waals surface area contributed by atoms with Crippen LogP contribution >= 0.6 is 0 Å². The molecule has 0 radical (unpaired) electrons. The molecule has 0 heterocycles. The summed E-state index contributed by atoms with van der Waals surface area (Å²) in [5, 5.41) is 18.2. The van der Waals surface area contributed by atoms with Crippen molar-refractivity contribution in [1.29, 1.82) is 5.26 Å². The van der Waals surface area contributed by atoms with Gasteiger partial charge in [0.1, 0.15) is 0 Å². The Bertz CT molecular complexity index is 407. The molecule has 74 valence electrons. The van der Waals surface area contributed by atoms with E-state index in [1.165, 1.54) is 0 Å². The molecule has 0 aliphatic rings. The van der Waals surface area contributed by atoms with Crippen LogP contribution in [-0.2, 0) is 0 Å². The first kappa shape index (κ1) is 10.5. The standard InChI is InChI=1S/C11H12FNO/c1-6-4-9(7(2)5-13)8(3)11(14)10(6)12/h4,7,14H,1-3H3. The quantitative estimate of drug-likeness (QED) is 0.745. The molecule has 1 aromatic carbocycles. The van der Waals surface area contributed by atoms with Crippen LogP contribution in [0.25, 0.3) is 0 Å². The number of phenols is 1. The van der Waals surface area contributed by atoms with Gasteiger partial charge in [-0.05, 0) is 37.5 Å². The third kappa shape index (κ3) is 1.56. The van der Waals surface area contributed by atoms with E-state index in [1.54, 1.807) is 26.8 Å². The number of nitrogens with zero attached hydrogens (tertiary/aromatic N) is 1. The maximum Gasteiger partial charge on any atom is 0.167 e. The van der Waals surface area contributed by atoms with Crippen molar-refractivity contribution in [2.75, 3.05) is 0 Å². The smallest absolute Gasteiger partial charge is 0.167 e. The zero-order chi connectivity index (χ0) is 10.9. The maximum absolute atomic E-state index is 13.2. The fourth-order valence-electron chi connectivity index (χ4n) is 1.41. The molecule has 0 fully saturated rings. The van der Waals surface area contributed by atoms with Crippen molar-refractivity contribution < 1.29 is 9.50 Å². The van der Waals surface area contributed by atoms with Crippen molar-refractivity contribution >= 4 is 0 Å². The van der Waals surface area contributed by atoms with Crippen molar-refractivity contribution in [2.24, 2.45) is 0 Å². The van der Waals surface area contributed by atoms with E-state index in [-0.39, 0.29) is 11.7 Å². The van der Waals surface area contributed by atoms with Crippen molar-refractivity contribution in [2.45, 2.75) is 26.7 Å². The van der Waals surface area contributed by atoms with Gasteiger partial charge in [0.05, 0.1) is 12.0 Å². The van der Waals surface area contributed by atoms with E-state index < -0.39 is 5.82 Å². The van der Waals surface area contributed by atoms with Gasteiger partial charge in [-0.1, -0.05) is 6.07 Å². The average molecular weight is 193 g/mol. The molecule has 1 N–H and O–H groups in total. The first-order chi connectivity index (χ1) is 6.49. The SMILES string of the molecule is Cc1cc(C(C)C#N)c(C)c(O)c1F. The van der Waals surface area contributed by atoms with Gasteiger partial charge in [-0.15, -0.1) is 0 Å². The second-order valence-electron chi connectivity index (χ2n) is 3.42. The summed E-state index contributed by atoms with van der Waals surface area (Å²) in [6, 6.07) is 3.67. The number of rotatable bonds is 1. The van der Waals surface area contributed by atoms with Crippen LogP contribution in [0.2, 0.25) is 0 Å². The molecule has 3 heteroatoms. The molecule has 2 nitrogen and oxygen atoms in total. The number of hydrogen-bond donors (Lipinski definition) is 1. The van der Waals surface area contributed by atoms with Gasteiger partial charge in [0.25, 0.3) is 0 Å². The molecule has 1 aromatic rings. The van der Waals surface area contributed by atoms with Gasteiger partial charge < -0.3 is 5.11 Å². The molecule has 0 spiro atoms. The Kier molecular flexibility index (Phi) is 2.76. The monoisotopic (exact) mass is 193 g/mol. The maximum atomic E-state index is 13.2. The van der Waals surface area contributed by atoms with E-state index in [2.05, 4.69) is 6.07 Å². The number of aromatic hydroxyl groups is 1. The molecular weight excluding hydrogens is 181 g/mol. The third-order valence-electron chi connectivity index (χ3n) is 2.37. The lowest BCUT2D eigenvalue weighted by Gasteiger charge is -2.11. The Hall–Kier alpha value is -1.56. The summed E-state index contributed by atoms with van der Waals surface area (Å²) < 4.78 is 13.2. The Morgan fingerprint density at radius 1 is 1.50 bits per heavy atom. The zero-order valence-electron chi connectivity index (χ0n) is 8.43. The second kappa shape index (κ2) is 3.67. The van der Waals surface area contributed by atoms with Crippen molar-refractivity contribution in [1.82, 2.24) is 0 Å². The van der Waals surface area contributed by atoms with Crippen LogP contribution in [0.3, 0.4) is 0 Å². The highest BCUT2D eigenvalue weighted by molar-refractivity contribution is 5.46. The van der Waals surface area contributed by atoms with Crippen molar-refractivity contribution in [3.63, 3.8) is 0 Å². The highest BCUT2D eigenvalue weighted by Crippen LogP contribution is 2.30. The minimum absolute atomic E-state index is 0.333. The molecule has 1 unspecified atom stereocenters. The Labute approximate surface area is 82.6 Å². The summed E-state index contributed by atoms with van der Waals surface area (Å²) >= 11 is 0. The number of phenolic OH excluding ortho intramolecular Hbond substituents is 1. The Morgan fingerprint density at radius 3 is 2.57 bits per heavy atom. The van der Waals surface area contributed by atoms with Gasteiger partial charge in [0.15, 0.2) is 11.6 Å². The van der Waals surface area contributed by atoms with E-state index in [1.807, 2.05) is 0 Å². The predicted molar refractivity (Wildman–Crippen MR) is 51.6 cm³/mol. The van der Waals surface area contributed by atoms with Gasteiger partial charge in [-0.3, -0.25) is 0 Å². The molecule has 0 aliphatic heterocycles. The molecule has 0 amide bonds. The predicted octanol–water partition coefficient (Wildman–Crippen LogP) is 2.78. The molecule has 0 saturated carbocycles. The first-order valence-electron chi connectivity index (χ1n) is 4.37. The van der Waals surface area contributed by atoms with Gasteiger partial charge >= 0.3 is 0 Å². The van der Waals surface area contributed by atoms with E-state index in [0.29, 0.717) is 16.7 Å². The van der Waals surface area contributed by atoms with E-state index in [4.69, 9.17) is 5.26 Å². The van der Waals surface area contributed by atoms with Crippen LogP contribution in [0, 0.1) is 31.0 Å². The van der Waals surface area contributed by atoms with Crippen LogP contribution in [0.15, 0.2) is 6.07 Å². The minimum Gasteiger partial charge on any atom is -0.505 e. The van der Waals surface area contributed by atoms with Crippen molar-refractivity contribution in [3.8, 4) is 11.8 Å². The highest BCUT2D eigenvalue weighted by atomic mass is 19.1. The largest absolute Gasteiger partial charge is 0.505 e. The summed E-state index contributed by atoms with van der Waals surface area (Å²) in [4.78, 5) is 0. The van der Waals surface area contributed by atoms with Crippen LogP contribution in [0.1, 0.15) is 29.5 Å². The fourth-order valence-corrected chi connectivity index (χ4v) is 1.41. The molecule has 1 atom stereocenters. The second-order valence-corrected chi connectivity index (χ2v) is 3.42.